The monoisotopic (exact) mass is 536 g/mol. The second-order valence-electron chi connectivity index (χ2n) is 7.58. The topological polar surface area (TPSA) is 93.7 Å². The number of halogens is 2. The Morgan fingerprint density at radius 3 is 2.71 bits per heavy atom. The molecular weight excluding hydrogens is 519 g/mol. The lowest BCUT2D eigenvalue weighted by atomic mass is 10.1. The second-order valence-corrected chi connectivity index (χ2v) is 10.6. The number of benzene rings is 2. The van der Waals surface area contributed by atoms with Gasteiger partial charge in [0.1, 0.15) is 13.2 Å². The number of hydrogen-bond donors (Lipinski definition) is 1. The molecule has 8 nitrogen and oxygen atoms in total. The van der Waals surface area contributed by atoms with Gasteiger partial charge in [0.15, 0.2) is 15.8 Å². The fraction of sp³-hybridized carbons (Fsp3) is 0.273. The summed E-state index contributed by atoms with van der Waals surface area (Å²) in [5.74, 6) is 0.891. The maximum atomic E-state index is 12.8. The van der Waals surface area contributed by atoms with Gasteiger partial charge >= 0.3 is 0 Å². The molecule has 0 saturated carbocycles. The lowest BCUT2D eigenvalue weighted by Crippen LogP contribution is -2.28. The molecule has 0 radical (unpaired) electrons. The van der Waals surface area contributed by atoms with Crippen LogP contribution in [0.1, 0.15) is 12.0 Å². The molecular formula is C22H18Cl2N4O4S2. The highest BCUT2D eigenvalue weighted by atomic mass is 35.5. The van der Waals surface area contributed by atoms with E-state index in [4.69, 9.17) is 32.7 Å². The van der Waals surface area contributed by atoms with Crippen LogP contribution in [0.4, 0.5) is 10.8 Å². The molecule has 34 heavy (non-hydrogen) atoms. The van der Waals surface area contributed by atoms with Gasteiger partial charge in [-0.15, -0.1) is 10.2 Å². The number of nitrogens with zero attached hydrogens (tertiary/aromatic N) is 3. The van der Waals surface area contributed by atoms with Crippen molar-refractivity contribution in [1.82, 2.24) is 10.2 Å². The van der Waals surface area contributed by atoms with E-state index in [-0.39, 0.29) is 24.8 Å². The van der Waals surface area contributed by atoms with Crippen molar-refractivity contribution >= 4 is 68.9 Å². The van der Waals surface area contributed by atoms with E-state index in [0.717, 1.165) is 5.56 Å². The first-order valence-electron chi connectivity index (χ1n) is 10.4. The van der Waals surface area contributed by atoms with E-state index in [2.05, 4.69) is 15.5 Å². The van der Waals surface area contributed by atoms with Gasteiger partial charge in [0, 0.05) is 40.5 Å². The molecule has 1 aromatic heterocycles. The molecule has 0 bridgehead atoms. The average Bonchev–Trinajstić information content (AvgIpc) is 3.44. The normalized spacial score (nSPS) is 17.2. The first-order valence-corrected chi connectivity index (χ1v) is 12.9. The molecule has 3 aromatic rings. The van der Waals surface area contributed by atoms with E-state index in [0.29, 0.717) is 55.7 Å². The van der Waals surface area contributed by atoms with Crippen molar-refractivity contribution in [2.24, 2.45) is 5.92 Å². The van der Waals surface area contributed by atoms with Crippen LogP contribution in [-0.2, 0) is 15.3 Å². The minimum Gasteiger partial charge on any atom is -0.486 e. The second kappa shape index (κ2) is 9.99. The highest BCUT2D eigenvalue weighted by molar-refractivity contribution is 8.00. The summed E-state index contributed by atoms with van der Waals surface area (Å²) in [5, 5.41) is 12.5. The summed E-state index contributed by atoms with van der Waals surface area (Å²) in [6.45, 7) is 1.23. The van der Waals surface area contributed by atoms with Gasteiger partial charge < -0.3 is 19.7 Å². The summed E-state index contributed by atoms with van der Waals surface area (Å²) >= 11 is 15.1. The van der Waals surface area contributed by atoms with Crippen molar-refractivity contribution < 1.29 is 19.1 Å². The lowest BCUT2D eigenvalue weighted by Gasteiger charge is -2.22. The van der Waals surface area contributed by atoms with Crippen LogP contribution < -0.4 is 19.7 Å². The predicted molar refractivity (Wildman–Crippen MR) is 132 cm³/mol. The maximum Gasteiger partial charge on any atom is 0.231 e. The van der Waals surface area contributed by atoms with Crippen molar-refractivity contribution in [2.75, 3.05) is 30.0 Å². The molecule has 3 heterocycles. The standard InChI is InChI=1S/C22H18Cl2N4O4S2/c23-15-2-1-3-16(24)14(15)11-33-22-27-26-21(34-22)25-20(30)12-8-19(29)28(10-12)13-4-5-17-18(9-13)32-7-6-31-17/h1-5,9,12H,6-8,10-11H2,(H,25,26,30)/t12-/m1/s1. The number of rotatable bonds is 6. The van der Waals surface area contributed by atoms with Crippen molar-refractivity contribution in [1.29, 1.82) is 0 Å². The zero-order valence-corrected chi connectivity index (χ0v) is 20.8. The SMILES string of the molecule is O=C(Nc1nnc(SCc2c(Cl)cccc2Cl)s1)[C@@H]1CC(=O)N(c2ccc3c(c2)OCCO3)C1. The van der Waals surface area contributed by atoms with E-state index in [9.17, 15) is 9.59 Å². The highest BCUT2D eigenvalue weighted by Crippen LogP contribution is 2.37. The number of hydrogen-bond acceptors (Lipinski definition) is 8. The van der Waals surface area contributed by atoms with Crippen LogP contribution in [0.25, 0.3) is 0 Å². The zero-order chi connectivity index (χ0) is 23.7. The smallest absolute Gasteiger partial charge is 0.231 e. The fourth-order valence-corrected chi connectivity index (χ4v) is 6.16. The van der Waals surface area contributed by atoms with Gasteiger partial charge in [-0.05, 0) is 29.8 Å². The average molecular weight is 537 g/mol. The van der Waals surface area contributed by atoms with Crippen LogP contribution in [0.2, 0.25) is 10.0 Å². The first kappa shape index (κ1) is 23.2. The van der Waals surface area contributed by atoms with Gasteiger partial charge in [0.2, 0.25) is 16.9 Å². The van der Waals surface area contributed by atoms with Gasteiger partial charge in [-0.3, -0.25) is 9.59 Å². The molecule has 5 rings (SSSR count). The predicted octanol–water partition coefficient (Wildman–Crippen LogP) is 4.90. The van der Waals surface area contributed by atoms with Crippen LogP contribution in [-0.4, -0.2) is 41.8 Å². The molecule has 176 valence electrons. The summed E-state index contributed by atoms with van der Waals surface area (Å²) in [6, 6.07) is 10.7. The largest absolute Gasteiger partial charge is 0.486 e. The van der Waals surface area contributed by atoms with Gasteiger partial charge in [0.05, 0.1) is 5.92 Å². The molecule has 12 heteroatoms. The summed E-state index contributed by atoms with van der Waals surface area (Å²) in [5.41, 5.74) is 1.50. The third-order valence-electron chi connectivity index (χ3n) is 5.37. The molecule has 2 aliphatic heterocycles. The van der Waals surface area contributed by atoms with Gasteiger partial charge in [-0.25, -0.2) is 0 Å². The summed E-state index contributed by atoms with van der Waals surface area (Å²) in [6.07, 6.45) is 0.117. The van der Waals surface area contributed by atoms with E-state index in [1.54, 1.807) is 41.3 Å². The third kappa shape index (κ3) is 4.95. The molecule has 2 aromatic carbocycles. The van der Waals surface area contributed by atoms with Gasteiger partial charge in [-0.2, -0.15) is 0 Å². The van der Waals surface area contributed by atoms with Crippen molar-refractivity contribution in [3.05, 3.63) is 52.0 Å². The van der Waals surface area contributed by atoms with Crippen LogP contribution in [0.3, 0.4) is 0 Å². The quantitative estimate of drug-likeness (QED) is 0.353. The minimum atomic E-state index is -0.498. The summed E-state index contributed by atoms with van der Waals surface area (Å²) in [4.78, 5) is 27.0. The summed E-state index contributed by atoms with van der Waals surface area (Å²) < 4.78 is 11.8. The molecule has 2 aliphatic rings. The molecule has 0 spiro atoms. The molecule has 0 unspecified atom stereocenters. The Hall–Kier alpha value is -2.53. The van der Waals surface area contributed by atoms with Crippen LogP contribution in [0.5, 0.6) is 11.5 Å². The van der Waals surface area contributed by atoms with Crippen LogP contribution >= 0.6 is 46.3 Å². The molecule has 2 amide bonds. The van der Waals surface area contributed by atoms with Crippen LogP contribution in [0, 0.1) is 5.92 Å². The number of ether oxygens (including phenoxy) is 2. The Morgan fingerprint density at radius 2 is 1.91 bits per heavy atom. The van der Waals surface area contributed by atoms with Crippen molar-refractivity contribution in [3.8, 4) is 11.5 Å². The Morgan fingerprint density at radius 1 is 1.15 bits per heavy atom. The number of fused-ring (bicyclic) bond motifs is 1. The molecule has 0 aliphatic carbocycles. The number of thioether (sulfide) groups is 1. The molecule has 1 atom stereocenters. The lowest BCUT2D eigenvalue weighted by molar-refractivity contribution is -0.122. The van der Waals surface area contributed by atoms with Crippen molar-refractivity contribution in [3.63, 3.8) is 0 Å². The minimum absolute atomic E-state index is 0.117. The fourth-order valence-electron chi connectivity index (χ4n) is 3.66. The van der Waals surface area contributed by atoms with E-state index >= 15 is 0 Å². The van der Waals surface area contributed by atoms with E-state index in [1.165, 1.54) is 23.1 Å². The van der Waals surface area contributed by atoms with Crippen molar-refractivity contribution in [2.45, 2.75) is 16.5 Å². The Kier molecular flexibility index (Phi) is 6.82. The summed E-state index contributed by atoms with van der Waals surface area (Å²) in [7, 11) is 0. The first-order chi connectivity index (χ1) is 16.5. The molecule has 1 saturated heterocycles. The number of amides is 2. The number of carbonyl (C=O) groups is 2. The van der Waals surface area contributed by atoms with Gasteiger partial charge in [-0.1, -0.05) is 52.4 Å². The molecule has 1 N–H and O–H groups in total. The number of anilines is 2. The Labute approximate surface area is 213 Å². The maximum absolute atomic E-state index is 12.8. The van der Waals surface area contributed by atoms with E-state index in [1.807, 2.05) is 0 Å². The number of carbonyl (C=O) groups excluding carboxylic acids is 2. The van der Waals surface area contributed by atoms with Gasteiger partial charge in [0.25, 0.3) is 0 Å². The highest BCUT2D eigenvalue weighted by Gasteiger charge is 2.36. The molecule has 1 fully saturated rings. The Balaban J connectivity index is 1.19. The number of aromatic nitrogens is 2. The Bertz CT molecular complexity index is 1240. The third-order valence-corrected chi connectivity index (χ3v) is 8.08. The number of nitrogens with one attached hydrogen (secondary N) is 1. The van der Waals surface area contributed by atoms with Crippen LogP contribution in [0.15, 0.2) is 40.7 Å². The zero-order valence-electron chi connectivity index (χ0n) is 17.6. The van der Waals surface area contributed by atoms with E-state index < -0.39 is 5.92 Å².